The van der Waals surface area contributed by atoms with Crippen LogP contribution in [0.4, 0.5) is 11.4 Å². The third-order valence-corrected chi connectivity index (χ3v) is 3.46. The zero-order valence-corrected chi connectivity index (χ0v) is 12.1. The summed E-state index contributed by atoms with van der Waals surface area (Å²) < 4.78 is 0. The zero-order chi connectivity index (χ0) is 15.2. The molecule has 0 aromatic heterocycles. The Morgan fingerprint density at radius 2 is 1.71 bits per heavy atom. The summed E-state index contributed by atoms with van der Waals surface area (Å²) in [5.41, 5.74) is 9.43. The van der Waals surface area contributed by atoms with Gasteiger partial charge in [-0.15, -0.1) is 0 Å². The molecule has 0 spiro atoms. The van der Waals surface area contributed by atoms with Crippen molar-refractivity contribution in [2.24, 2.45) is 0 Å². The van der Waals surface area contributed by atoms with Crippen LogP contribution >= 0.6 is 0 Å². The topological polar surface area (TPSA) is 66.6 Å². The molecule has 0 saturated heterocycles. The number of rotatable bonds is 6. The number of nitrogens with two attached hydrogens (primary N) is 1. The lowest BCUT2D eigenvalue weighted by Gasteiger charge is -2.24. The molecule has 0 saturated carbocycles. The van der Waals surface area contributed by atoms with Gasteiger partial charge < -0.3 is 15.7 Å². The predicted molar refractivity (Wildman–Crippen MR) is 85.4 cm³/mol. The minimum Gasteiger partial charge on any atom is -0.481 e. The van der Waals surface area contributed by atoms with Crippen molar-refractivity contribution < 1.29 is 9.90 Å². The Labute approximate surface area is 124 Å². The molecule has 0 heterocycles. The first-order chi connectivity index (χ1) is 10.1. The fourth-order valence-electron chi connectivity index (χ4n) is 2.32. The van der Waals surface area contributed by atoms with Gasteiger partial charge in [-0.3, -0.25) is 4.79 Å². The quantitative estimate of drug-likeness (QED) is 0.800. The first kappa shape index (κ1) is 14.9. The van der Waals surface area contributed by atoms with Gasteiger partial charge in [0.15, 0.2) is 0 Å². The molecule has 0 atom stereocenters. The summed E-state index contributed by atoms with van der Waals surface area (Å²) in [4.78, 5) is 13.2. The Bertz CT molecular complexity index is 608. The number of aliphatic carboxylic acids is 1. The van der Waals surface area contributed by atoms with E-state index in [4.69, 9.17) is 10.8 Å². The minimum absolute atomic E-state index is 0.0511. The molecule has 2 aromatic rings. The van der Waals surface area contributed by atoms with Crippen LogP contribution < -0.4 is 10.6 Å². The molecule has 0 amide bonds. The third-order valence-electron chi connectivity index (χ3n) is 3.46. The van der Waals surface area contributed by atoms with Crippen molar-refractivity contribution in [3.8, 4) is 0 Å². The molecule has 4 nitrogen and oxygen atoms in total. The molecular weight excluding hydrogens is 264 g/mol. The summed E-state index contributed by atoms with van der Waals surface area (Å²) in [5, 5.41) is 9.00. The van der Waals surface area contributed by atoms with E-state index in [9.17, 15) is 4.79 Å². The number of carbonyl (C=O) groups is 1. The number of benzene rings is 2. The maximum atomic E-state index is 11.0. The SMILES string of the molecule is CCN(Cc1ccccc1CC(=O)O)c1ccc(N)cc1. The van der Waals surface area contributed by atoms with Crippen LogP contribution in [0.2, 0.25) is 0 Å². The van der Waals surface area contributed by atoms with E-state index in [0.29, 0.717) is 6.54 Å². The average Bonchev–Trinajstić information content (AvgIpc) is 2.47. The molecule has 0 bridgehead atoms. The molecule has 110 valence electrons. The van der Waals surface area contributed by atoms with Gasteiger partial charge in [-0.05, 0) is 42.3 Å². The molecule has 0 aliphatic heterocycles. The number of nitrogens with zero attached hydrogens (tertiary/aromatic N) is 1. The van der Waals surface area contributed by atoms with E-state index in [1.54, 1.807) is 0 Å². The first-order valence-corrected chi connectivity index (χ1v) is 6.99. The molecule has 4 heteroatoms. The van der Waals surface area contributed by atoms with Crippen molar-refractivity contribution in [2.75, 3.05) is 17.2 Å². The normalized spacial score (nSPS) is 10.3. The Hall–Kier alpha value is -2.49. The second-order valence-corrected chi connectivity index (χ2v) is 4.94. The summed E-state index contributed by atoms with van der Waals surface area (Å²) >= 11 is 0. The second-order valence-electron chi connectivity index (χ2n) is 4.94. The van der Waals surface area contributed by atoms with Crippen LogP contribution in [0.5, 0.6) is 0 Å². The summed E-state index contributed by atoms with van der Waals surface area (Å²) in [6, 6.07) is 15.4. The lowest BCUT2D eigenvalue weighted by molar-refractivity contribution is -0.136. The van der Waals surface area contributed by atoms with Crippen LogP contribution in [0, 0.1) is 0 Å². The van der Waals surface area contributed by atoms with Crippen LogP contribution in [-0.4, -0.2) is 17.6 Å². The zero-order valence-electron chi connectivity index (χ0n) is 12.1. The standard InChI is InChI=1S/C17H20N2O2/c1-2-19(16-9-7-15(18)8-10-16)12-14-6-4-3-5-13(14)11-17(20)21/h3-10H,2,11-12,18H2,1H3,(H,20,21). The van der Waals surface area contributed by atoms with Gasteiger partial charge >= 0.3 is 5.97 Å². The fourth-order valence-corrected chi connectivity index (χ4v) is 2.32. The van der Waals surface area contributed by atoms with Crippen LogP contribution in [0.3, 0.4) is 0 Å². The monoisotopic (exact) mass is 284 g/mol. The highest BCUT2D eigenvalue weighted by molar-refractivity contribution is 5.70. The van der Waals surface area contributed by atoms with E-state index in [1.165, 1.54) is 0 Å². The third kappa shape index (κ3) is 3.99. The van der Waals surface area contributed by atoms with E-state index in [0.717, 1.165) is 29.0 Å². The van der Waals surface area contributed by atoms with Crippen molar-refractivity contribution in [2.45, 2.75) is 19.9 Å². The number of hydrogen-bond acceptors (Lipinski definition) is 3. The van der Waals surface area contributed by atoms with Gasteiger partial charge in [-0.1, -0.05) is 24.3 Å². The molecule has 0 aliphatic rings. The van der Waals surface area contributed by atoms with Gasteiger partial charge in [0.2, 0.25) is 0 Å². The predicted octanol–water partition coefficient (Wildman–Crippen LogP) is 2.92. The van der Waals surface area contributed by atoms with Gasteiger partial charge in [-0.2, -0.15) is 0 Å². The van der Waals surface area contributed by atoms with Gasteiger partial charge in [0.25, 0.3) is 0 Å². The second kappa shape index (κ2) is 6.79. The largest absolute Gasteiger partial charge is 0.481 e. The first-order valence-electron chi connectivity index (χ1n) is 6.99. The number of anilines is 2. The number of hydrogen-bond donors (Lipinski definition) is 2. The van der Waals surface area contributed by atoms with Gasteiger partial charge in [0.1, 0.15) is 0 Å². The molecule has 0 unspecified atom stereocenters. The maximum Gasteiger partial charge on any atom is 0.307 e. The smallest absolute Gasteiger partial charge is 0.307 e. The molecular formula is C17H20N2O2. The molecule has 0 aliphatic carbocycles. The highest BCUT2D eigenvalue weighted by atomic mass is 16.4. The van der Waals surface area contributed by atoms with Gasteiger partial charge in [0, 0.05) is 24.5 Å². The number of carboxylic acids is 1. The lowest BCUT2D eigenvalue weighted by atomic mass is 10.0. The van der Waals surface area contributed by atoms with E-state index >= 15 is 0 Å². The van der Waals surface area contributed by atoms with Crippen molar-refractivity contribution >= 4 is 17.3 Å². The Morgan fingerprint density at radius 1 is 1.10 bits per heavy atom. The fraction of sp³-hybridized carbons (Fsp3) is 0.235. The van der Waals surface area contributed by atoms with E-state index in [-0.39, 0.29) is 6.42 Å². The van der Waals surface area contributed by atoms with Gasteiger partial charge in [-0.25, -0.2) is 0 Å². The molecule has 0 radical (unpaired) electrons. The molecule has 2 aromatic carbocycles. The molecule has 0 fully saturated rings. The molecule has 3 N–H and O–H groups in total. The van der Waals surface area contributed by atoms with Crippen LogP contribution in [0.15, 0.2) is 48.5 Å². The summed E-state index contributed by atoms with van der Waals surface area (Å²) in [6.07, 6.45) is 0.0511. The minimum atomic E-state index is -0.807. The highest BCUT2D eigenvalue weighted by Crippen LogP contribution is 2.20. The highest BCUT2D eigenvalue weighted by Gasteiger charge is 2.10. The average molecular weight is 284 g/mol. The van der Waals surface area contributed by atoms with Crippen LogP contribution in [0.1, 0.15) is 18.1 Å². The summed E-state index contributed by atoms with van der Waals surface area (Å²) in [7, 11) is 0. The Morgan fingerprint density at radius 3 is 2.29 bits per heavy atom. The summed E-state index contributed by atoms with van der Waals surface area (Å²) in [5.74, 6) is -0.807. The van der Waals surface area contributed by atoms with Crippen molar-refractivity contribution in [1.29, 1.82) is 0 Å². The Balaban J connectivity index is 2.22. The number of nitrogen functional groups attached to an aromatic ring is 1. The van der Waals surface area contributed by atoms with Crippen molar-refractivity contribution in [1.82, 2.24) is 0 Å². The lowest BCUT2D eigenvalue weighted by Crippen LogP contribution is -2.23. The maximum absolute atomic E-state index is 11.0. The van der Waals surface area contributed by atoms with Crippen LogP contribution in [-0.2, 0) is 17.8 Å². The molecule has 2 rings (SSSR count). The van der Waals surface area contributed by atoms with Crippen molar-refractivity contribution in [3.63, 3.8) is 0 Å². The van der Waals surface area contributed by atoms with E-state index in [2.05, 4.69) is 11.8 Å². The molecule has 21 heavy (non-hydrogen) atoms. The Kier molecular flexibility index (Phi) is 4.82. The van der Waals surface area contributed by atoms with Crippen molar-refractivity contribution in [3.05, 3.63) is 59.7 Å². The van der Waals surface area contributed by atoms with Crippen LogP contribution in [0.25, 0.3) is 0 Å². The summed E-state index contributed by atoms with van der Waals surface area (Å²) in [6.45, 7) is 3.60. The van der Waals surface area contributed by atoms with Gasteiger partial charge in [0.05, 0.1) is 6.42 Å². The number of carboxylic acid groups (broad SMARTS) is 1. The van der Waals surface area contributed by atoms with E-state index in [1.807, 2.05) is 48.5 Å². The van der Waals surface area contributed by atoms with E-state index < -0.39 is 5.97 Å².